The fraction of sp³-hybridized carbons (Fsp3) is 0.409. The van der Waals surface area contributed by atoms with Gasteiger partial charge in [-0.1, -0.05) is 43.3 Å². The molecular formula is C22H29N3O. The molecule has 26 heavy (non-hydrogen) atoms. The van der Waals surface area contributed by atoms with Gasteiger partial charge in [-0.25, -0.2) is 0 Å². The minimum absolute atomic E-state index is 0.213. The fourth-order valence-corrected chi connectivity index (χ4v) is 3.72. The second kappa shape index (κ2) is 8.86. The van der Waals surface area contributed by atoms with Crippen LogP contribution in [0.2, 0.25) is 0 Å². The highest BCUT2D eigenvalue weighted by atomic mass is 16.2. The summed E-state index contributed by atoms with van der Waals surface area (Å²) in [5.41, 5.74) is 2.17. The number of anilines is 2. The van der Waals surface area contributed by atoms with Crippen LogP contribution in [-0.2, 0) is 4.79 Å². The average Bonchev–Trinajstić information content (AvgIpc) is 2.70. The summed E-state index contributed by atoms with van der Waals surface area (Å²) in [6, 6.07) is 20.7. The molecule has 1 amide bonds. The number of para-hydroxylation sites is 2. The van der Waals surface area contributed by atoms with E-state index in [1.165, 1.54) is 0 Å². The highest BCUT2D eigenvalue weighted by Crippen LogP contribution is 2.25. The molecule has 0 saturated carbocycles. The lowest BCUT2D eigenvalue weighted by Gasteiger charge is -2.41. The van der Waals surface area contributed by atoms with Gasteiger partial charge in [0, 0.05) is 36.9 Å². The maximum Gasteiger partial charge on any atom is 0.226 e. The minimum Gasteiger partial charge on any atom is -0.370 e. The van der Waals surface area contributed by atoms with Crippen LogP contribution in [-0.4, -0.2) is 36.1 Å². The van der Waals surface area contributed by atoms with Crippen LogP contribution in [0.4, 0.5) is 11.4 Å². The van der Waals surface area contributed by atoms with Crippen molar-refractivity contribution in [1.29, 1.82) is 0 Å². The summed E-state index contributed by atoms with van der Waals surface area (Å²) < 4.78 is 0. The van der Waals surface area contributed by atoms with Crippen LogP contribution in [0, 0.1) is 0 Å². The maximum absolute atomic E-state index is 12.6. The van der Waals surface area contributed by atoms with E-state index in [0.717, 1.165) is 37.3 Å². The molecule has 1 N–H and O–H groups in total. The van der Waals surface area contributed by atoms with Gasteiger partial charge >= 0.3 is 0 Å². The number of hydrogen-bond acceptors (Lipinski definition) is 3. The van der Waals surface area contributed by atoms with Crippen molar-refractivity contribution in [2.45, 2.75) is 45.3 Å². The van der Waals surface area contributed by atoms with E-state index in [0.29, 0.717) is 6.42 Å². The van der Waals surface area contributed by atoms with Crippen LogP contribution in [0.3, 0.4) is 0 Å². The number of likely N-dealkylation sites (tertiary alicyclic amines) is 1. The summed E-state index contributed by atoms with van der Waals surface area (Å²) in [6.45, 7) is 6.14. The van der Waals surface area contributed by atoms with Crippen LogP contribution in [0.5, 0.6) is 0 Å². The Morgan fingerprint density at radius 1 is 1.08 bits per heavy atom. The number of rotatable bonds is 6. The van der Waals surface area contributed by atoms with Crippen LogP contribution >= 0.6 is 0 Å². The molecule has 1 unspecified atom stereocenters. The lowest BCUT2D eigenvalue weighted by atomic mass is 10.0. The summed E-state index contributed by atoms with van der Waals surface area (Å²) in [7, 11) is 0. The van der Waals surface area contributed by atoms with Crippen molar-refractivity contribution in [3.8, 4) is 0 Å². The minimum atomic E-state index is 0.213. The van der Waals surface area contributed by atoms with Gasteiger partial charge in [0.05, 0.1) is 6.17 Å². The van der Waals surface area contributed by atoms with Gasteiger partial charge in [-0.3, -0.25) is 9.69 Å². The normalized spacial score (nSPS) is 16.8. The summed E-state index contributed by atoms with van der Waals surface area (Å²) in [4.78, 5) is 17.1. The van der Waals surface area contributed by atoms with E-state index in [9.17, 15) is 4.79 Å². The lowest BCUT2D eigenvalue weighted by molar-refractivity contribution is -0.119. The predicted octanol–water partition coefficient (Wildman–Crippen LogP) is 4.35. The molecule has 2 aromatic rings. The van der Waals surface area contributed by atoms with Gasteiger partial charge in [0.25, 0.3) is 0 Å². The first-order chi connectivity index (χ1) is 12.7. The van der Waals surface area contributed by atoms with Gasteiger partial charge in [0.2, 0.25) is 5.91 Å². The van der Waals surface area contributed by atoms with Gasteiger partial charge in [-0.15, -0.1) is 0 Å². The molecule has 1 saturated heterocycles. The van der Waals surface area contributed by atoms with Crippen molar-refractivity contribution >= 4 is 17.3 Å². The number of benzene rings is 2. The van der Waals surface area contributed by atoms with Gasteiger partial charge in [0.1, 0.15) is 0 Å². The van der Waals surface area contributed by atoms with Crippen LogP contribution in [0.25, 0.3) is 0 Å². The van der Waals surface area contributed by atoms with E-state index in [2.05, 4.69) is 41.4 Å². The van der Waals surface area contributed by atoms with Crippen molar-refractivity contribution in [1.82, 2.24) is 4.90 Å². The Bertz CT molecular complexity index is 681. The van der Waals surface area contributed by atoms with E-state index in [1.54, 1.807) is 0 Å². The van der Waals surface area contributed by atoms with Gasteiger partial charge in [-0.2, -0.15) is 0 Å². The molecule has 138 valence electrons. The molecule has 0 aromatic heterocycles. The van der Waals surface area contributed by atoms with Crippen molar-refractivity contribution in [2.75, 3.05) is 23.3 Å². The zero-order chi connectivity index (χ0) is 18.4. The van der Waals surface area contributed by atoms with E-state index in [1.807, 2.05) is 48.2 Å². The average molecular weight is 351 g/mol. The van der Waals surface area contributed by atoms with Crippen molar-refractivity contribution in [3.63, 3.8) is 0 Å². The number of nitrogens with zero attached hydrogens (tertiary/aromatic N) is 2. The number of nitrogens with one attached hydrogen (secondary N) is 1. The molecule has 0 radical (unpaired) electrons. The second-order valence-corrected chi connectivity index (χ2v) is 6.91. The summed E-state index contributed by atoms with van der Waals surface area (Å²) in [6.07, 6.45) is 2.83. The van der Waals surface area contributed by atoms with Crippen LogP contribution < -0.4 is 10.2 Å². The molecule has 1 aliphatic rings. The van der Waals surface area contributed by atoms with Crippen molar-refractivity contribution < 1.29 is 4.79 Å². The molecule has 1 heterocycles. The number of carbonyl (C=O) groups excluding carboxylic acids is 1. The number of carbonyl (C=O) groups is 1. The Balaban J connectivity index is 1.62. The lowest BCUT2D eigenvalue weighted by Crippen LogP contribution is -2.51. The number of amides is 1. The first kappa shape index (κ1) is 18.5. The number of piperidine rings is 1. The molecular weight excluding hydrogens is 322 g/mol. The smallest absolute Gasteiger partial charge is 0.226 e. The third-order valence-corrected chi connectivity index (χ3v) is 5.17. The molecule has 1 fully saturated rings. The molecule has 0 spiro atoms. The Morgan fingerprint density at radius 3 is 2.23 bits per heavy atom. The van der Waals surface area contributed by atoms with Crippen LogP contribution in [0.1, 0.15) is 33.1 Å². The molecule has 4 heteroatoms. The zero-order valence-electron chi connectivity index (χ0n) is 15.8. The highest BCUT2D eigenvalue weighted by molar-refractivity contribution is 5.93. The third-order valence-electron chi connectivity index (χ3n) is 5.17. The summed E-state index contributed by atoms with van der Waals surface area (Å²) >= 11 is 0. The Hall–Kier alpha value is -2.33. The molecule has 4 nitrogen and oxygen atoms in total. The SMILES string of the molecule is CCC(=O)N(c1ccccc1)C1CCN(C(C)Nc2ccccc2)CC1. The fourth-order valence-electron chi connectivity index (χ4n) is 3.72. The Labute approximate surface area is 156 Å². The molecule has 0 bridgehead atoms. The van der Waals surface area contributed by atoms with Crippen molar-refractivity contribution in [3.05, 3.63) is 60.7 Å². The predicted molar refractivity (Wildman–Crippen MR) is 108 cm³/mol. The van der Waals surface area contributed by atoms with E-state index in [4.69, 9.17) is 0 Å². The van der Waals surface area contributed by atoms with Crippen LogP contribution in [0.15, 0.2) is 60.7 Å². The third kappa shape index (κ3) is 4.44. The Kier molecular flexibility index (Phi) is 6.29. The summed E-state index contributed by atoms with van der Waals surface area (Å²) in [5.74, 6) is 0.213. The largest absolute Gasteiger partial charge is 0.370 e. The molecule has 2 aromatic carbocycles. The quantitative estimate of drug-likeness (QED) is 0.840. The topological polar surface area (TPSA) is 35.6 Å². The van der Waals surface area contributed by atoms with E-state index >= 15 is 0 Å². The number of hydrogen-bond donors (Lipinski definition) is 1. The monoisotopic (exact) mass is 351 g/mol. The molecule has 0 aliphatic carbocycles. The van der Waals surface area contributed by atoms with Gasteiger partial charge in [0.15, 0.2) is 0 Å². The van der Waals surface area contributed by atoms with E-state index in [-0.39, 0.29) is 18.1 Å². The first-order valence-corrected chi connectivity index (χ1v) is 9.61. The van der Waals surface area contributed by atoms with Gasteiger partial charge < -0.3 is 10.2 Å². The Morgan fingerprint density at radius 2 is 1.65 bits per heavy atom. The highest BCUT2D eigenvalue weighted by Gasteiger charge is 2.29. The first-order valence-electron chi connectivity index (χ1n) is 9.61. The molecule has 1 atom stereocenters. The molecule has 3 rings (SSSR count). The van der Waals surface area contributed by atoms with E-state index < -0.39 is 0 Å². The van der Waals surface area contributed by atoms with Crippen molar-refractivity contribution in [2.24, 2.45) is 0 Å². The molecule has 1 aliphatic heterocycles. The van der Waals surface area contributed by atoms with Gasteiger partial charge in [-0.05, 0) is 44.0 Å². The standard InChI is InChI=1S/C22H29N3O/c1-3-22(26)25(20-12-8-5-9-13-20)21-14-16-24(17-15-21)18(2)23-19-10-6-4-7-11-19/h4-13,18,21,23H,3,14-17H2,1-2H3. The second-order valence-electron chi connectivity index (χ2n) is 6.91. The summed E-state index contributed by atoms with van der Waals surface area (Å²) in [5, 5.41) is 3.57. The zero-order valence-corrected chi connectivity index (χ0v) is 15.8. The maximum atomic E-state index is 12.6.